The van der Waals surface area contributed by atoms with Gasteiger partial charge in [-0.1, -0.05) is 37.6 Å². The van der Waals surface area contributed by atoms with Crippen LogP contribution in [0, 0.1) is 5.92 Å². The van der Waals surface area contributed by atoms with Crippen LogP contribution < -0.4 is 5.32 Å². The minimum atomic E-state index is -0.277. The summed E-state index contributed by atoms with van der Waals surface area (Å²) in [6.07, 6.45) is 1.53. The maximum Gasteiger partial charge on any atom is 0.253 e. The summed E-state index contributed by atoms with van der Waals surface area (Å²) >= 11 is 5.95. The molecule has 0 spiro atoms. The number of benzene rings is 2. The Labute approximate surface area is 205 Å². The van der Waals surface area contributed by atoms with Crippen LogP contribution in [0.1, 0.15) is 37.0 Å². The lowest BCUT2D eigenvalue weighted by Gasteiger charge is -2.32. The molecule has 7 nitrogen and oxygen atoms in total. The molecule has 1 aromatic heterocycles. The van der Waals surface area contributed by atoms with E-state index in [1.807, 2.05) is 24.3 Å². The normalized spacial score (nSPS) is 16.2. The molecule has 2 aromatic carbocycles. The molecule has 0 radical (unpaired) electrons. The van der Waals surface area contributed by atoms with Gasteiger partial charge in [0.2, 0.25) is 11.9 Å². The number of fused-ring (bicyclic) bond motifs is 1. The predicted molar refractivity (Wildman–Crippen MR) is 136 cm³/mol. The highest BCUT2D eigenvalue weighted by molar-refractivity contribution is 6.30. The van der Waals surface area contributed by atoms with Gasteiger partial charge in [0.15, 0.2) is 0 Å². The summed E-state index contributed by atoms with van der Waals surface area (Å²) in [5, 5.41) is 3.67. The standard InChI is InChI=1S/C26H32ClN5O2/c1-3-30(4-2)16-17-32-23-10-6-5-9-22(23)28-26(32)29-24(33)20-8-7-15-31(18-20)25(34)19-11-13-21(27)14-12-19/h5-6,9-14,20H,3-4,7-8,15-18H2,1-2H3,(H,28,29,33). The molecule has 4 rings (SSSR count). The Morgan fingerprint density at radius 3 is 2.59 bits per heavy atom. The molecule has 1 aliphatic rings. The minimum absolute atomic E-state index is 0.0689. The van der Waals surface area contributed by atoms with Crippen LogP contribution in [0.25, 0.3) is 11.0 Å². The molecule has 2 heterocycles. The van der Waals surface area contributed by atoms with Gasteiger partial charge >= 0.3 is 0 Å². The Bertz CT molecular complexity index is 1140. The van der Waals surface area contributed by atoms with Crippen LogP contribution >= 0.6 is 11.6 Å². The number of rotatable bonds is 8. The van der Waals surface area contributed by atoms with E-state index in [1.165, 1.54) is 0 Å². The monoisotopic (exact) mass is 481 g/mol. The van der Waals surface area contributed by atoms with Crippen molar-refractivity contribution in [2.24, 2.45) is 5.92 Å². The second kappa shape index (κ2) is 11.0. The van der Waals surface area contributed by atoms with E-state index in [9.17, 15) is 9.59 Å². The first-order valence-corrected chi connectivity index (χ1v) is 12.4. The number of anilines is 1. The molecular formula is C26H32ClN5O2. The number of piperidine rings is 1. The second-order valence-corrected chi connectivity index (χ2v) is 9.13. The fourth-order valence-corrected chi connectivity index (χ4v) is 4.67. The van der Waals surface area contributed by atoms with Crippen molar-refractivity contribution in [2.45, 2.75) is 33.2 Å². The molecule has 1 saturated heterocycles. The van der Waals surface area contributed by atoms with Gasteiger partial charge in [0.1, 0.15) is 0 Å². The topological polar surface area (TPSA) is 70.5 Å². The lowest BCUT2D eigenvalue weighted by atomic mass is 9.96. The number of carbonyl (C=O) groups excluding carboxylic acids is 2. The summed E-state index contributed by atoms with van der Waals surface area (Å²) in [4.78, 5) is 35.0. The third kappa shape index (κ3) is 5.42. The van der Waals surface area contributed by atoms with Gasteiger partial charge in [-0.25, -0.2) is 4.98 Å². The summed E-state index contributed by atoms with van der Waals surface area (Å²) in [7, 11) is 0. The zero-order chi connectivity index (χ0) is 24.1. The van der Waals surface area contributed by atoms with E-state index >= 15 is 0 Å². The molecule has 8 heteroatoms. The largest absolute Gasteiger partial charge is 0.338 e. The zero-order valence-corrected chi connectivity index (χ0v) is 20.6. The summed E-state index contributed by atoms with van der Waals surface area (Å²) in [5.41, 5.74) is 2.46. The number of hydrogen-bond donors (Lipinski definition) is 1. The van der Waals surface area contributed by atoms with Crippen LogP contribution in [0.5, 0.6) is 0 Å². The number of likely N-dealkylation sites (tertiary alicyclic amines) is 1. The van der Waals surface area contributed by atoms with Gasteiger partial charge in [-0.15, -0.1) is 0 Å². The molecule has 0 saturated carbocycles. The van der Waals surface area contributed by atoms with E-state index in [-0.39, 0.29) is 17.7 Å². The number of halogens is 1. The fraction of sp³-hybridized carbons (Fsp3) is 0.423. The average molecular weight is 482 g/mol. The van der Waals surface area contributed by atoms with Gasteiger partial charge < -0.3 is 14.4 Å². The molecule has 1 aliphatic heterocycles. The number of nitrogens with one attached hydrogen (secondary N) is 1. The van der Waals surface area contributed by atoms with E-state index in [1.54, 1.807) is 29.2 Å². The van der Waals surface area contributed by atoms with Crippen molar-refractivity contribution in [2.75, 3.05) is 38.0 Å². The van der Waals surface area contributed by atoms with Gasteiger partial charge in [-0.2, -0.15) is 0 Å². The highest BCUT2D eigenvalue weighted by atomic mass is 35.5. The number of carbonyl (C=O) groups is 2. The molecule has 1 atom stereocenters. The van der Waals surface area contributed by atoms with Crippen molar-refractivity contribution in [3.8, 4) is 0 Å². The molecule has 0 bridgehead atoms. The molecule has 0 aliphatic carbocycles. The molecule has 1 fully saturated rings. The summed E-state index contributed by atoms with van der Waals surface area (Å²) < 4.78 is 2.09. The van der Waals surface area contributed by atoms with Crippen molar-refractivity contribution in [1.82, 2.24) is 19.4 Å². The van der Waals surface area contributed by atoms with Crippen molar-refractivity contribution >= 4 is 40.4 Å². The van der Waals surface area contributed by atoms with E-state index in [4.69, 9.17) is 16.6 Å². The number of amides is 2. The molecular weight excluding hydrogens is 450 g/mol. The van der Waals surface area contributed by atoms with Crippen molar-refractivity contribution in [3.63, 3.8) is 0 Å². The average Bonchev–Trinajstić information content (AvgIpc) is 3.21. The fourth-order valence-electron chi connectivity index (χ4n) is 4.54. The highest BCUT2D eigenvalue weighted by Crippen LogP contribution is 2.24. The van der Waals surface area contributed by atoms with Crippen LogP contribution in [0.15, 0.2) is 48.5 Å². The van der Waals surface area contributed by atoms with Gasteiger partial charge in [-0.05, 0) is 62.3 Å². The minimum Gasteiger partial charge on any atom is -0.338 e. The maximum absolute atomic E-state index is 13.3. The third-order valence-electron chi connectivity index (χ3n) is 6.59. The second-order valence-electron chi connectivity index (χ2n) is 8.69. The number of aromatic nitrogens is 2. The first kappa shape index (κ1) is 24.2. The summed E-state index contributed by atoms with van der Waals surface area (Å²) in [5.74, 6) is 0.134. The number of para-hydroxylation sites is 2. The number of hydrogen-bond acceptors (Lipinski definition) is 4. The van der Waals surface area contributed by atoms with E-state index in [2.05, 4.69) is 28.6 Å². The van der Waals surface area contributed by atoms with Crippen molar-refractivity contribution in [3.05, 3.63) is 59.1 Å². The van der Waals surface area contributed by atoms with Gasteiger partial charge in [-0.3, -0.25) is 14.9 Å². The molecule has 1 unspecified atom stereocenters. The van der Waals surface area contributed by atoms with Gasteiger partial charge in [0.25, 0.3) is 5.91 Å². The van der Waals surface area contributed by atoms with Gasteiger partial charge in [0.05, 0.1) is 17.0 Å². The number of nitrogens with zero attached hydrogens (tertiary/aromatic N) is 4. The lowest BCUT2D eigenvalue weighted by Crippen LogP contribution is -2.44. The molecule has 2 amide bonds. The first-order chi connectivity index (χ1) is 16.5. The SMILES string of the molecule is CCN(CC)CCn1c(NC(=O)C2CCCN(C(=O)c3ccc(Cl)cc3)C2)nc2ccccc21. The quantitative estimate of drug-likeness (QED) is 0.513. The van der Waals surface area contributed by atoms with Crippen LogP contribution in [0.3, 0.4) is 0 Å². The predicted octanol–water partition coefficient (Wildman–Crippen LogP) is 4.52. The molecule has 180 valence electrons. The number of likely N-dealkylation sites (N-methyl/N-ethyl adjacent to an activating group) is 1. The third-order valence-corrected chi connectivity index (χ3v) is 6.85. The molecule has 1 N–H and O–H groups in total. The Hall–Kier alpha value is -2.90. The van der Waals surface area contributed by atoms with Crippen LogP contribution in [0.4, 0.5) is 5.95 Å². The Morgan fingerprint density at radius 2 is 1.85 bits per heavy atom. The number of imidazole rings is 1. The smallest absolute Gasteiger partial charge is 0.253 e. The molecule has 34 heavy (non-hydrogen) atoms. The summed E-state index contributed by atoms with van der Waals surface area (Å²) in [6.45, 7) is 8.92. The Kier molecular flexibility index (Phi) is 7.85. The summed E-state index contributed by atoms with van der Waals surface area (Å²) in [6, 6.07) is 14.8. The van der Waals surface area contributed by atoms with Crippen molar-refractivity contribution < 1.29 is 9.59 Å². The Balaban J connectivity index is 1.48. The van der Waals surface area contributed by atoms with Crippen LogP contribution in [-0.4, -0.2) is 63.9 Å². The van der Waals surface area contributed by atoms with E-state index in [0.29, 0.717) is 29.6 Å². The van der Waals surface area contributed by atoms with Crippen LogP contribution in [0.2, 0.25) is 5.02 Å². The van der Waals surface area contributed by atoms with E-state index < -0.39 is 0 Å². The van der Waals surface area contributed by atoms with E-state index in [0.717, 1.165) is 50.1 Å². The first-order valence-electron chi connectivity index (χ1n) is 12.0. The van der Waals surface area contributed by atoms with Crippen LogP contribution in [-0.2, 0) is 11.3 Å². The molecule has 3 aromatic rings. The lowest BCUT2D eigenvalue weighted by molar-refractivity contribution is -0.121. The zero-order valence-electron chi connectivity index (χ0n) is 19.8. The Morgan fingerprint density at radius 1 is 1.12 bits per heavy atom. The van der Waals surface area contributed by atoms with Crippen molar-refractivity contribution in [1.29, 1.82) is 0 Å². The maximum atomic E-state index is 13.3. The highest BCUT2D eigenvalue weighted by Gasteiger charge is 2.30. The van der Waals surface area contributed by atoms with Gasteiger partial charge in [0, 0.05) is 36.8 Å².